The molecule has 0 N–H and O–H groups in total. The first-order chi connectivity index (χ1) is 10.4. The van der Waals surface area contributed by atoms with Gasteiger partial charge in [0.15, 0.2) is 0 Å². The van der Waals surface area contributed by atoms with Crippen molar-refractivity contribution in [3.05, 3.63) is 42.5 Å². The van der Waals surface area contributed by atoms with Crippen LogP contribution in [0.3, 0.4) is 0 Å². The lowest BCUT2D eigenvalue weighted by Crippen LogP contribution is -2.22. The molecule has 0 aliphatic heterocycles. The molecular formula is C18H22O3S. The molecule has 0 fully saturated rings. The third-order valence-electron chi connectivity index (χ3n) is 3.34. The smallest absolute Gasteiger partial charge is 0.128 e. The van der Waals surface area contributed by atoms with Crippen LogP contribution in [-0.4, -0.2) is 23.2 Å². The normalized spacial score (nSPS) is 12.8. The molecule has 2 aromatic carbocycles. The number of hydrogen-bond donors (Lipinski definition) is 0. The second-order valence-electron chi connectivity index (χ2n) is 5.91. The highest BCUT2D eigenvalue weighted by molar-refractivity contribution is 7.86. The van der Waals surface area contributed by atoms with Gasteiger partial charge in [0, 0.05) is 15.9 Å². The van der Waals surface area contributed by atoms with E-state index in [-0.39, 0.29) is 4.75 Å². The summed E-state index contributed by atoms with van der Waals surface area (Å²) in [7, 11) is 2.09. The van der Waals surface area contributed by atoms with Crippen LogP contribution in [0.4, 0.5) is 0 Å². The summed E-state index contributed by atoms with van der Waals surface area (Å²) in [6.07, 6.45) is 0. The number of para-hydroxylation sites is 1. The highest BCUT2D eigenvalue weighted by Crippen LogP contribution is 2.41. The lowest BCUT2D eigenvalue weighted by atomic mass is 10.0. The van der Waals surface area contributed by atoms with Crippen molar-refractivity contribution in [3.8, 4) is 22.6 Å². The molecule has 2 rings (SSSR count). The molecule has 4 heteroatoms. The van der Waals surface area contributed by atoms with Gasteiger partial charge < -0.3 is 9.47 Å². The minimum Gasteiger partial charge on any atom is -0.496 e. The standard InChI is InChI=1S/C18H22O3S/c1-18(2,3)22(19)16-12-8-11-15(21-5)17(16)13-9-6-7-10-14(13)20-4/h6-12H,1-5H3. The van der Waals surface area contributed by atoms with E-state index >= 15 is 0 Å². The summed E-state index contributed by atoms with van der Waals surface area (Å²) in [5.41, 5.74) is 1.71. The van der Waals surface area contributed by atoms with E-state index in [0.717, 1.165) is 21.8 Å². The molecule has 0 aliphatic rings. The highest BCUT2D eigenvalue weighted by Gasteiger charge is 2.26. The van der Waals surface area contributed by atoms with Crippen LogP contribution in [0.1, 0.15) is 20.8 Å². The summed E-state index contributed by atoms with van der Waals surface area (Å²) in [5, 5.41) is 0. The van der Waals surface area contributed by atoms with E-state index in [4.69, 9.17) is 9.47 Å². The Kier molecular flexibility index (Phi) is 4.91. The van der Waals surface area contributed by atoms with Crippen LogP contribution in [0, 0.1) is 0 Å². The molecule has 0 amide bonds. The van der Waals surface area contributed by atoms with E-state index in [0.29, 0.717) is 5.75 Å². The van der Waals surface area contributed by atoms with Crippen LogP contribution in [0.2, 0.25) is 0 Å². The second-order valence-corrected chi connectivity index (χ2v) is 8.12. The molecule has 0 spiro atoms. The number of hydrogen-bond acceptors (Lipinski definition) is 3. The molecule has 0 bridgehead atoms. The second kappa shape index (κ2) is 6.53. The quantitative estimate of drug-likeness (QED) is 0.844. The van der Waals surface area contributed by atoms with E-state index in [1.165, 1.54) is 0 Å². The number of ether oxygens (including phenoxy) is 2. The molecule has 1 unspecified atom stereocenters. The number of methoxy groups -OCH3 is 2. The summed E-state index contributed by atoms with van der Waals surface area (Å²) >= 11 is 0. The molecule has 3 nitrogen and oxygen atoms in total. The fourth-order valence-electron chi connectivity index (χ4n) is 2.28. The molecule has 1 atom stereocenters. The predicted molar refractivity (Wildman–Crippen MR) is 91.1 cm³/mol. The molecule has 2 aromatic rings. The maximum Gasteiger partial charge on any atom is 0.128 e. The highest BCUT2D eigenvalue weighted by atomic mass is 32.2. The first kappa shape index (κ1) is 16.6. The average molecular weight is 318 g/mol. The van der Waals surface area contributed by atoms with Crippen molar-refractivity contribution < 1.29 is 13.7 Å². The van der Waals surface area contributed by atoms with E-state index in [9.17, 15) is 4.21 Å². The van der Waals surface area contributed by atoms with Gasteiger partial charge in [-0.15, -0.1) is 0 Å². The van der Waals surface area contributed by atoms with E-state index in [2.05, 4.69) is 0 Å². The zero-order valence-corrected chi connectivity index (χ0v) is 14.5. The molecule has 0 saturated heterocycles. The summed E-state index contributed by atoms with van der Waals surface area (Å²) < 4.78 is 23.6. The largest absolute Gasteiger partial charge is 0.496 e. The molecule has 0 radical (unpaired) electrons. The van der Waals surface area contributed by atoms with Gasteiger partial charge in [-0.1, -0.05) is 24.3 Å². The summed E-state index contributed by atoms with van der Waals surface area (Å²) in [4.78, 5) is 0.761. The van der Waals surface area contributed by atoms with E-state index < -0.39 is 10.8 Å². The molecule has 118 valence electrons. The Labute approximate surface area is 134 Å². The third kappa shape index (κ3) is 3.17. The lowest BCUT2D eigenvalue weighted by molar-refractivity contribution is 0.409. The van der Waals surface area contributed by atoms with Crippen LogP contribution in [-0.2, 0) is 10.8 Å². The fourth-order valence-corrected chi connectivity index (χ4v) is 3.54. The van der Waals surface area contributed by atoms with Gasteiger partial charge in [0.2, 0.25) is 0 Å². The Hall–Kier alpha value is -1.81. The molecular weight excluding hydrogens is 296 g/mol. The summed E-state index contributed by atoms with van der Waals surface area (Å²) in [6, 6.07) is 13.4. The fraction of sp³-hybridized carbons (Fsp3) is 0.333. The van der Waals surface area contributed by atoms with Gasteiger partial charge in [0.1, 0.15) is 11.5 Å². The summed E-state index contributed by atoms with van der Waals surface area (Å²) in [5.74, 6) is 1.43. The maximum absolute atomic E-state index is 12.9. The van der Waals surface area contributed by atoms with Gasteiger partial charge in [-0.3, -0.25) is 4.21 Å². The topological polar surface area (TPSA) is 35.5 Å². The Morgan fingerprint density at radius 3 is 2.05 bits per heavy atom. The van der Waals surface area contributed by atoms with Crippen molar-refractivity contribution in [1.29, 1.82) is 0 Å². The minimum absolute atomic E-state index is 0.358. The Bertz CT molecular complexity index is 687. The van der Waals surface area contributed by atoms with Gasteiger partial charge in [-0.2, -0.15) is 0 Å². The van der Waals surface area contributed by atoms with Crippen molar-refractivity contribution in [2.45, 2.75) is 30.4 Å². The SMILES string of the molecule is COc1ccccc1-c1c(OC)cccc1S(=O)C(C)(C)C. The first-order valence-electron chi connectivity index (χ1n) is 7.12. The van der Waals surface area contributed by atoms with Crippen molar-refractivity contribution >= 4 is 10.8 Å². The van der Waals surface area contributed by atoms with Gasteiger partial charge in [-0.25, -0.2) is 0 Å². The van der Waals surface area contributed by atoms with Gasteiger partial charge in [0.25, 0.3) is 0 Å². The van der Waals surface area contributed by atoms with Gasteiger partial charge >= 0.3 is 0 Å². The van der Waals surface area contributed by atoms with Crippen LogP contribution < -0.4 is 9.47 Å². The van der Waals surface area contributed by atoms with Crippen molar-refractivity contribution in [2.75, 3.05) is 14.2 Å². The maximum atomic E-state index is 12.9. The van der Waals surface area contributed by atoms with Crippen LogP contribution in [0.15, 0.2) is 47.4 Å². The molecule has 0 saturated carbocycles. The zero-order valence-electron chi connectivity index (χ0n) is 13.7. The van der Waals surface area contributed by atoms with Crippen molar-refractivity contribution in [3.63, 3.8) is 0 Å². The molecule has 0 aliphatic carbocycles. The molecule has 0 aromatic heterocycles. The van der Waals surface area contributed by atoms with Crippen molar-refractivity contribution in [2.24, 2.45) is 0 Å². The number of benzene rings is 2. The average Bonchev–Trinajstić information content (AvgIpc) is 2.52. The third-order valence-corrected chi connectivity index (χ3v) is 5.19. The molecule has 0 heterocycles. The van der Waals surface area contributed by atoms with Crippen LogP contribution >= 0.6 is 0 Å². The number of rotatable bonds is 4. The predicted octanol–water partition coefficient (Wildman–Crippen LogP) is 4.28. The van der Waals surface area contributed by atoms with E-state index in [1.807, 2.05) is 63.2 Å². The Balaban J connectivity index is 2.76. The van der Waals surface area contributed by atoms with Crippen LogP contribution in [0.5, 0.6) is 11.5 Å². The van der Waals surface area contributed by atoms with Gasteiger partial charge in [-0.05, 0) is 39.0 Å². The zero-order chi connectivity index (χ0) is 16.3. The summed E-state index contributed by atoms with van der Waals surface area (Å²) in [6.45, 7) is 5.90. The van der Waals surface area contributed by atoms with Crippen molar-refractivity contribution in [1.82, 2.24) is 0 Å². The monoisotopic (exact) mass is 318 g/mol. The van der Waals surface area contributed by atoms with Gasteiger partial charge in [0.05, 0.1) is 29.9 Å². The van der Waals surface area contributed by atoms with E-state index in [1.54, 1.807) is 14.2 Å². The Morgan fingerprint density at radius 1 is 0.864 bits per heavy atom. The lowest BCUT2D eigenvalue weighted by Gasteiger charge is -2.22. The first-order valence-corrected chi connectivity index (χ1v) is 8.27. The molecule has 22 heavy (non-hydrogen) atoms. The minimum atomic E-state index is -1.17. The Morgan fingerprint density at radius 2 is 1.45 bits per heavy atom. The van der Waals surface area contributed by atoms with Crippen LogP contribution in [0.25, 0.3) is 11.1 Å².